The summed E-state index contributed by atoms with van der Waals surface area (Å²) in [5.41, 5.74) is 5.35. The van der Waals surface area contributed by atoms with Gasteiger partial charge in [-0.1, -0.05) is 6.42 Å². The Morgan fingerprint density at radius 2 is 2.00 bits per heavy atom. The number of H-pyrrole nitrogens is 1. The Morgan fingerprint density at radius 3 is 2.74 bits per heavy atom. The average molecular weight is 444 g/mol. The third-order valence-corrected chi connectivity index (χ3v) is 7.34. The Labute approximate surface area is 180 Å². The molecule has 2 aromatic rings. The summed E-state index contributed by atoms with van der Waals surface area (Å²) in [5, 5.41) is 12.0. The molecule has 31 heavy (non-hydrogen) atoms. The zero-order valence-electron chi connectivity index (χ0n) is 17.2. The standard InChI is InChI=1S/C22H25N3O5S/c1-23-31(29,30)13-7-9-19-16(11-13)17(22(28)25-19)12-20-15(8-10-21(26)27)14-5-3-2-4-6-18(14)24-20/h7,9,11-12,23-24H,2-6,8,10H2,1H3,(H,25,28)(H,26,27). The van der Waals surface area contributed by atoms with Crippen LogP contribution in [0.25, 0.3) is 11.6 Å². The van der Waals surface area contributed by atoms with Gasteiger partial charge in [0, 0.05) is 29.1 Å². The highest BCUT2D eigenvalue weighted by molar-refractivity contribution is 7.89. The molecule has 164 valence electrons. The number of aromatic amines is 1. The van der Waals surface area contributed by atoms with Crippen LogP contribution in [-0.4, -0.2) is 37.4 Å². The molecule has 1 aromatic carbocycles. The second-order valence-electron chi connectivity index (χ2n) is 7.86. The van der Waals surface area contributed by atoms with E-state index in [-0.39, 0.29) is 17.2 Å². The fourth-order valence-electron chi connectivity index (χ4n) is 4.33. The number of fused-ring (bicyclic) bond motifs is 2. The Kier molecular flexibility index (Phi) is 5.72. The molecule has 8 nitrogen and oxygen atoms in total. The SMILES string of the molecule is CNS(=O)(=O)c1ccc2c(c1)C(=Cc1[nH]c3c(c1CCC(=O)O)CCCCC3)C(=O)N2. The molecular weight excluding hydrogens is 418 g/mol. The van der Waals surface area contributed by atoms with Crippen molar-refractivity contribution in [2.75, 3.05) is 12.4 Å². The number of sulfonamides is 1. The normalized spacial score (nSPS) is 17.2. The van der Waals surface area contributed by atoms with Gasteiger partial charge in [-0.15, -0.1) is 0 Å². The maximum atomic E-state index is 12.7. The Bertz CT molecular complexity index is 1190. The topological polar surface area (TPSA) is 128 Å². The molecule has 1 aliphatic carbocycles. The van der Waals surface area contributed by atoms with E-state index in [4.69, 9.17) is 0 Å². The van der Waals surface area contributed by atoms with Crippen LogP contribution in [0.15, 0.2) is 23.1 Å². The number of aromatic nitrogens is 1. The van der Waals surface area contributed by atoms with E-state index in [9.17, 15) is 23.1 Å². The maximum absolute atomic E-state index is 12.7. The molecule has 0 fully saturated rings. The lowest BCUT2D eigenvalue weighted by atomic mass is 9.98. The van der Waals surface area contributed by atoms with Gasteiger partial charge in [0.1, 0.15) is 0 Å². The molecule has 9 heteroatoms. The highest BCUT2D eigenvalue weighted by Crippen LogP contribution is 2.36. The molecule has 4 N–H and O–H groups in total. The zero-order chi connectivity index (χ0) is 22.2. The number of carboxylic acid groups (broad SMARTS) is 1. The van der Waals surface area contributed by atoms with Crippen molar-refractivity contribution in [3.05, 3.63) is 46.3 Å². The molecule has 1 amide bonds. The number of hydrogen-bond donors (Lipinski definition) is 4. The van der Waals surface area contributed by atoms with Crippen LogP contribution in [0.2, 0.25) is 0 Å². The Hall–Kier alpha value is -2.91. The van der Waals surface area contributed by atoms with Crippen molar-refractivity contribution in [3.8, 4) is 0 Å². The predicted molar refractivity (Wildman–Crippen MR) is 117 cm³/mol. The molecule has 2 aliphatic rings. The minimum Gasteiger partial charge on any atom is -0.481 e. The van der Waals surface area contributed by atoms with Crippen LogP contribution >= 0.6 is 0 Å². The molecule has 1 aliphatic heterocycles. The number of carbonyl (C=O) groups is 2. The minimum atomic E-state index is -3.66. The van der Waals surface area contributed by atoms with Crippen LogP contribution in [0.5, 0.6) is 0 Å². The molecule has 0 radical (unpaired) electrons. The van der Waals surface area contributed by atoms with Crippen LogP contribution in [0.1, 0.15) is 53.8 Å². The first-order chi connectivity index (χ1) is 14.8. The quantitative estimate of drug-likeness (QED) is 0.403. The number of amides is 1. The molecule has 0 atom stereocenters. The van der Waals surface area contributed by atoms with Crippen molar-refractivity contribution >= 4 is 39.2 Å². The Balaban J connectivity index is 1.81. The lowest BCUT2D eigenvalue weighted by Gasteiger charge is -2.06. The van der Waals surface area contributed by atoms with Crippen molar-refractivity contribution in [2.45, 2.75) is 49.8 Å². The molecular formula is C22H25N3O5S. The van der Waals surface area contributed by atoms with Gasteiger partial charge >= 0.3 is 5.97 Å². The summed E-state index contributed by atoms with van der Waals surface area (Å²) < 4.78 is 26.7. The van der Waals surface area contributed by atoms with E-state index >= 15 is 0 Å². The molecule has 0 saturated heterocycles. The van der Waals surface area contributed by atoms with E-state index in [0.29, 0.717) is 23.2 Å². The first-order valence-electron chi connectivity index (χ1n) is 10.4. The second-order valence-corrected chi connectivity index (χ2v) is 9.74. The lowest BCUT2D eigenvalue weighted by molar-refractivity contribution is -0.137. The van der Waals surface area contributed by atoms with Gasteiger partial charge in [-0.25, -0.2) is 13.1 Å². The van der Waals surface area contributed by atoms with Gasteiger partial charge in [0.05, 0.1) is 10.5 Å². The summed E-state index contributed by atoms with van der Waals surface area (Å²) in [6, 6.07) is 4.51. The number of nitrogens with one attached hydrogen (secondary N) is 3. The van der Waals surface area contributed by atoms with Crippen molar-refractivity contribution in [2.24, 2.45) is 0 Å². The summed E-state index contributed by atoms with van der Waals surface area (Å²) in [4.78, 5) is 27.4. The summed E-state index contributed by atoms with van der Waals surface area (Å²) >= 11 is 0. The second kappa shape index (κ2) is 8.32. The van der Waals surface area contributed by atoms with Crippen molar-refractivity contribution < 1.29 is 23.1 Å². The van der Waals surface area contributed by atoms with Gasteiger partial charge in [-0.3, -0.25) is 9.59 Å². The van der Waals surface area contributed by atoms with E-state index in [1.165, 1.54) is 19.2 Å². The number of benzene rings is 1. The number of aliphatic carboxylic acids is 1. The number of carboxylic acids is 1. The molecule has 2 heterocycles. The maximum Gasteiger partial charge on any atom is 0.303 e. The molecule has 0 saturated carbocycles. The third-order valence-electron chi connectivity index (χ3n) is 5.92. The summed E-state index contributed by atoms with van der Waals surface area (Å²) in [5.74, 6) is -1.18. The van der Waals surface area contributed by atoms with E-state index in [2.05, 4.69) is 15.0 Å². The van der Waals surface area contributed by atoms with Crippen molar-refractivity contribution in [3.63, 3.8) is 0 Å². The van der Waals surface area contributed by atoms with E-state index in [1.54, 1.807) is 12.1 Å². The molecule has 0 spiro atoms. The third kappa shape index (κ3) is 4.15. The smallest absolute Gasteiger partial charge is 0.303 e. The number of aryl methyl sites for hydroxylation is 1. The van der Waals surface area contributed by atoms with E-state index in [1.807, 2.05) is 0 Å². The van der Waals surface area contributed by atoms with Crippen LogP contribution in [0, 0.1) is 0 Å². The highest BCUT2D eigenvalue weighted by Gasteiger charge is 2.28. The molecule has 0 unspecified atom stereocenters. The largest absolute Gasteiger partial charge is 0.481 e. The van der Waals surface area contributed by atoms with Gasteiger partial charge in [-0.05, 0) is 74.6 Å². The summed E-state index contributed by atoms with van der Waals surface area (Å²) in [6.07, 6.45) is 7.14. The van der Waals surface area contributed by atoms with E-state index < -0.39 is 16.0 Å². The fourth-order valence-corrected chi connectivity index (χ4v) is 5.09. The van der Waals surface area contributed by atoms with Crippen molar-refractivity contribution in [1.82, 2.24) is 9.71 Å². The number of carbonyl (C=O) groups excluding carboxylic acids is 1. The predicted octanol–water partition coefficient (Wildman–Crippen LogP) is 2.70. The molecule has 0 bridgehead atoms. The fraction of sp³-hybridized carbons (Fsp3) is 0.364. The van der Waals surface area contributed by atoms with Gasteiger partial charge in [-0.2, -0.15) is 0 Å². The lowest BCUT2D eigenvalue weighted by Crippen LogP contribution is -2.18. The van der Waals surface area contributed by atoms with Crippen molar-refractivity contribution in [1.29, 1.82) is 0 Å². The Morgan fingerprint density at radius 1 is 1.23 bits per heavy atom. The number of hydrogen-bond acceptors (Lipinski definition) is 4. The average Bonchev–Trinajstić information content (AvgIpc) is 3.11. The summed E-state index contributed by atoms with van der Waals surface area (Å²) in [7, 11) is -2.32. The zero-order valence-corrected chi connectivity index (χ0v) is 18.1. The highest BCUT2D eigenvalue weighted by atomic mass is 32.2. The monoisotopic (exact) mass is 443 g/mol. The first-order valence-corrected chi connectivity index (χ1v) is 11.8. The van der Waals surface area contributed by atoms with Gasteiger partial charge in [0.25, 0.3) is 5.91 Å². The number of rotatable bonds is 6. The van der Waals surface area contributed by atoms with Gasteiger partial charge in [0.15, 0.2) is 0 Å². The minimum absolute atomic E-state index is 0.00775. The van der Waals surface area contributed by atoms with Crippen LogP contribution < -0.4 is 10.0 Å². The molecule has 4 rings (SSSR count). The van der Waals surface area contributed by atoms with Crippen LogP contribution in [0.4, 0.5) is 5.69 Å². The number of anilines is 1. The van der Waals surface area contributed by atoms with Crippen LogP contribution in [-0.2, 0) is 38.9 Å². The van der Waals surface area contributed by atoms with Gasteiger partial charge in [0.2, 0.25) is 10.0 Å². The first kappa shape index (κ1) is 21.3. The van der Waals surface area contributed by atoms with Gasteiger partial charge < -0.3 is 15.4 Å². The van der Waals surface area contributed by atoms with E-state index in [0.717, 1.165) is 54.6 Å². The van der Waals surface area contributed by atoms with Crippen LogP contribution in [0.3, 0.4) is 0 Å². The summed E-state index contributed by atoms with van der Waals surface area (Å²) in [6.45, 7) is 0. The molecule has 1 aromatic heterocycles.